The Labute approximate surface area is 146 Å². The van der Waals surface area contributed by atoms with Crippen molar-refractivity contribution in [3.8, 4) is 0 Å². The molecular weight excluding hydrogens is 320 g/mol. The molecule has 0 bridgehead atoms. The Bertz CT molecular complexity index is 743. The van der Waals surface area contributed by atoms with Crippen molar-refractivity contribution in [3.05, 3.63) is 47.2 Å². The molecule has 1 aliphatic heterocycles. The summed E-state index contributed by atoms with van der Waals surface area (Å²) in [7, 11) is 0. The minimum atomic E-state index is -0.232. The maximum Gasteiger partial charge on any atom is 0.329 e. The zero-order chi connectivity index (χ0) is 17.6. The fraction of sp³-hybridized carbons (Fsp3) is 0.353. The van der Waals surface area contributed by atoms with Crippen LogP contribution in [0.4, 0.5) is 10.6 Å². The summed E-state index contributed by atoms with van der Waals surface area (Å²) in [6.07, 6.45) is 1.00. The van der Waals surface area contributed by atoms with Crippen LogP contribution in [0.2, 0.25) is 0 Å². The van der Waals surface area contributed by atoms with Gasteiger partial charge in [-0.2, -0.15) is 5.10 Å². The number of hydrogen-bond acceptors (Lipinski definition) is 4. The van der Waals surface area contributed by atoms with Crippen LogP contribution in [0, 0.1) is 0 Å². The molecular formula is C17H22N6O2. The highest BCUT2D eigenvalue weighted by Gasteiger charge is 2.24. The molecule has 8 heteroatoms. The van der Waals surface area contributed by atoms with Gasteiger partial charge in [0.1, 0.15) is 5.82 Å². The average molecular weight is 342 g/mol. The number of nitrogens with zero attached hydrogens (tertiary/aromatic N) is 2. The minimum absolute atomic E-state index is 0.105. The molecule has 1 aromatic carbocycles. The molecule has 0 unspecified atom stereocenters. The van der Waals surface area contributed by atoms with Gasteiger partial charge < -0.3 is 10.6 Å². The topological polar surface area (TPSA) is 102 Å². The Morgan fingerprint density at radius 1 is 1.28 bits per heavy atom. The third-order valence-corrected chi connectivity index (χ3v) is 3.99. The number of hydrogen-bond donors (Lipinski definition) is 4. The van der Waals surface area contributed by atoms with Crippen LogP contribution in [0.15, 0.2) is 30.3 Å². The number of fused-ring (bicyclic) bond motifs is 1. The average Bonchev–Trinajstić information content (AvgIpc) is 2.98. The molecule has 1 aromatic heterocycles. The highest BCUT2D eigenvalue weighted by molar-refractivity contribution is 5.92. The molecule has 4 N–H and O–H groups in total. The lowest BCUT2D eigenvalue weighted by atomic mass is 10.1. The van der Waals surface area contributed by atoms with E-state index in [4.69, 9.17) is 0 Å². The van der Waals surface area contributed by atoms with Crippen molar-refractivity contribution in [2.45, 2.75) is 26.3 Å². The Morgan fingerprint density at radius 2 is 2.08 bits per heavy atom. The summed E-state index contributed by atoms with van der Waals surface area (Å²) < 4.78 is 0. The number of anilines is 1. The molecule has 132 valence electrons. The van der Waals surface area contributed by atoms with E-state index in [0.29, 0.717) is 38.3 Å². The molecule has 0 saturated heterocycles. The van der Waals surface area contributed by atoms with Crippen LogP contribution in [0.25, 0.3) is 0 Å². The van der Waals surface area contributed by atoms with Gasteiger partial charge in [0, 0.05) is 31.6 Å². The summed E-state index contributed by atoms with van der Waals surface area (Å²) in [4.78, 5) is 23.9. The SMILES string of the molecule is CCNC(=O)NN1CCc2n[nH]c(NC(=O)Cc3ccccc3)c2C1. The monoisotopic (exact) mass is 342 g/mol. The first-order valence-corrected chi connectivity index (χ1v) is 8.35. The Balaban J connectivity index is 1.62. The molecule has 3 amide bonds. The van der Waals surface area contributed by atoms with Crippen LogP contribution in [0.1, 0.15) is 23.7 Å². The van der Waals surface area contributed by atoms with E-state index >= 15 is 0 Å². The molecule has 2 aromatic rings. The number of carbonyl (C=O) groups excluding carboxylic acids is 2. The van der Waals surface area contributed by atoms with Crippen molar-refractivity contribution in [1.82, 2.24) is 25.9 Å². The zero-order valence-corrected chi connectivity index (χ0v) is 14.1. The number of urea groups is 1. The fourth-order valence-corrected chi connectivity index (χ4v) is 2.80. The normalized spacial score (nSPS) is 13.8. The van der Waals surface area contributed by atoms with E-state index in [-0.39, 0.29) is 11.9 Å². The fourth-order valence-electron chi connectivity index (χ4n) is 2.80. The molecule has 3 rings (SSSR count). The van der Waals surface area contributed by atoms with Gasteiger partial charge in [-0.25, -0.2) is 9.80 Å². The number of hydrazine groups is 1. The van der Waals surface area contributed by atoms with Crippen molar-refractivity contribution in [1.29, 1.82) is 0 Å². The van der Waals surface area contributed by atoms with E-state index < -0.39 is 0 Å². The third kappa shape index (κ3) is 4.36. The Kier molecular flexibility index (Phi) is 5.30. The quantitative estimate of drug-likeness (QED) is 0.655. The molecule has 25 heavy (non-hydrogen) atoms. The van der Waals surface area contributed by atoms with Crippen molar-refractivity contribution >= 4 is 17.8 Å². The number of carbonyl (C=O) groups is 2. The summed E-state index contributed by atoms with van der Waals surface area (Å²) >= 11 is 0. The van der Waals surface area contributed by atoms with Gasteiger partial charge in [-0.1, -0.05) is 30.3 Å². The largest absolute Gasteiger partial charge is 0.337 e. The van der Waals surface area contributed by atoms with E-state index in [0.717, 1.165) is 16.8 Å². The molecule has 2 heterocycles. The summed E-state index contributed by atoms with van der Waals surface area (Å²) in [5.41, 5.74) is 5.58. The second kappa shape index (κ2) is 7.80. The number of nitrogens with one attached hydrogen (secondary N) is 4. The number of amides is 3. The number of aromatic amines is 1. The predicted octanol–water partition coefficient (Wildman–Crippen LogP) is 1.18. The van der Waals surface area contributed by atoms with Crippen LogP contribution in [-0.2, 0) is 24.2 Å². The van der Waals surface area contributed by atoms with Crippen molar-refractivity contribution in [3.63, 3.8) is 0 Å². The van der Waals surface area contributed by atoms with E-state index in [9.17, 15) is 9.59 Å². The molecule has 0 atom stereocenters. The number of rotatable bonds is 5. The van der Waals surface area contributed by atoms with E-state index in [1.165, 1.54) is 0 Å². The van der Waals surface area contributed by atoms with E-state index in [2.05, 4.69) is 26.3 Å². The van der Waals surface area contributed by atoms with Gasteiger partial charge in [0.2, 0.25) is 5.91 Å². The van der Waals surface area contributed by atoms with Crippen LogP contribution in [0.5, 0.6) is 0 Å². The third-order valence-electron chi connectivity index (χ3n) is 3.99. The number of aromatic nitrogens is 2. The molecule has 0 saturated carbocycles. The first kappa shape index (κ1) is 17.0. The summed E-state index contributed by atoms with van der Waals surface area (Å²) in [6.45, 7) is 3.60. The first-order chi connectivity index (χ1) is 12.2. The lowest BCUT2D eigenvalue weighted by Crippen LogP contribution is -2.49. The lowest BCUT2D eigenvalue weighted by Gasteiger charge is -2.27. The van der Waals surface area contributed by atoms with E-state index in [1.807, 2.05) is 42.3 Å². The molecule has 0 fully saturated rings. The molecule has 0 radical (unpaired) electrons. The zero-order valence-electron chi connectivity index (χ0n) is 14.1. The van der Waals surface area contributed by atoms with Gasteiger partial charge in [-0.3, -0.25) is 15.3 Å². The standard InChI is InChI=1S/C17H22N6O2/c1-2-18-17(25)22-23-9-8-14-13(11-23)16(21-20-14)19-15(24)10-12-6-4-3-5-7-12/h3-7H,2,8-11H2,1H3,(H2,18,22,25)(H2,19,20,21,24). The molecule has 0 spiro atoms. The van der Waals surface area contributed by atoms with Crippen LogP contribution in [0.3, 0.4) is 0 Å². The van der Waals surface area contributed by atoms with Crippen LogP contribution in [-0.4, -0.2) is 40.2 Å². The number of H-pyrrole nitrogens is 1. The first-order valence-electron chi connectivity index (χ1n) is 8.35. The van der Waals surface area contributed by atoms with Crippen molar-refractivity contribution < 1.29 is 9.59 Å². The van der Waals surface area contributed by atoms with Gasteiger partial charge in [0.05, 0.1) is 12.1 Å². The number of benzene rings is 1. The summed E-state index contributed by atoms with van der Waals surface area (Å²) in [5, 5.41) is 14.6. The smallest absolute Gasteiger partial charge is 0.329 e. The van der Waals surface area contributed by atoms with Gasteiger partial charge in [-0.05, 0) is 12.5 Å². The highest BCUT2D eigenvalue weighted by Crippen LogP contribution is 2.23. The summed E-state index contributed by atoms with van der Waals surface area (Å²) in [6, 6.07) is 9.34. The Hall–Kier alpha value is -2.87. The molecule has 1 aliphatic rings. The van der Waals surface area contributed by atoms with Gasteiger partial charge in [0.15, 0.2) is 0 Å². The van der Waals surface area contributed by atoms with Crippen molar-refractivity contribution in [2.24, 2.45) is 0 Å². The van der Waals surface area contributed by atoms with Gasteiger partial charge in [-0.15, -0.1) is 0 Å². The lowest BCUT2D eigenvalue weighted by molar-refractivity contribution is -0.115. The molecule has 8 nitrogen and oxygen atoms in total. The second-order valence-electron chi connectivity index (χ2n) is 5.88. The predicted molar refractivity (Wildman–Crippen MR) is 93.7 cm³/mol. The minimum Gasteiger partial charge on any atom is -0.337 e. The van der Waals surface area contributed by atoms with E-state index in [1.54, 1.807) is 0 Å². The van der Waals surface area contributed by atoms with Crippen LogP contribution >= 0.6 is 0 Å². The second-order valence-corrected chi connectivity index (χ2v) is 5.88. The Morgan fingerprint density at radius 3 is 2.84 bits per heavy atom. The maximum atomic E-state index is 12.3. The maximum absolute atomic E-state index is 12.3. The highest BCUT2D eigenvalue weighted by atomic mass is 16.2. The van der Waals surface area contributed by atoms with Gasteiger partial charge >= 0.3 is 6.03 Å². The van der Waals surface area contributed by atoms with Crippen LogP contribution < -0.4 is 16.1 Å². The molecule has 0 aliphatic carbocycles. The van der Waals surface area contributed by atoms with Gasteiger partial charge in [0.25, 0.3) is 0 Å². The van der Waals surface area contributed by atoms with Crippen molar-refractivity contribution in [2.75, 3.05) is 18.4 Å². The summed E-state index contributed by atoms with van der Waals surface area (Å²) in [5.74, 6) is 0.491.